The van der Waals surface area contributed by atoms with Crippen LogP contribution in [-0.4, -0.2) is 35.3 Å². The molecule has 0 N–H and O–H groups in total. The molecule has 1 aliphatic rings. The van der Waals surface area contributed by atoms with E-state index < -0.39 is 5.97 Å². The van der Waals surface area contributed by atoms with Crippen molar-refractivity contribution in [1.29, 1.82) is 0 Å². The summed E-state index contributed by atoms with van der Waals surface area (Å²) in [7, 11) is 0. The third-order valence-electron chi connectivity index (χ3n) is 3.96. The molecule has 1 unspecified atom stereocenters. The Bertz CT molecular complexity index is 803. The summed E-state index contributed by atoms with van der Waals surface area (Å²) in [6, 6.07) is 7.86. The number of aryl methyl sites for hydroxylation is 2. The molecule has 2 heterocycles. The highest BCUT2D eigenvalue weighted by Gasteiger charge is 2.25. The largest absolute Gasteiger partial charge is 0.451 e. The van der Waals surface area contributed by atoms with E-state index in [1.807, 2.05) is 31.2 Å². The van der Waals surface area contributed by atoms with Crippen LogP contribution in [0.15, 0.2) is 29.2 Å². The van der Waals surface area contributed by atoms with Crippen molar-refractivity contribution < 1.29 is 14.3 Å². The number of nitrogens with zero attached hydrogens (tertiary/aromatic N) is 2. The predicted molar refractivity (Wildman–Crippen MR) is 101 cm³/mol. The quantitative estimate of drug-likeness (QED) is 0.762. The third kappa shape index (κ3) is 4.04. The summed E-state index contributed by atoms with van der Waals surface area (Å²) in [6.07, 6.45) is 0.895. The summed E-state index contributed by atoms with van der Waals surface area (Å²) in [5.41, 5.74) is 1.54. The zero-order valence-electron chi connectivity index (χ0n) is 14.4. The SMILES string of the molecule is Cc1nc(C)c(C(=O)OCC(=O)N2CCC(C)Sc3ccccc32)s1. The number of thioether (sulfide) groups is 1. The van der Waals surface area contributed by atoms with Crippen molar-refractivity contribution in [2.45, 2.75) is 37.3 Å². The molecule has 7 heteroatoms. The highest BCUT2D eigenvalue weighted by atomic mass is 32.2. The minimum atomic E-state index is -0.484. The number of benzene rings is 1. The fourth-order valence-electron chi connectivity index (χ4n) is 2.74. The number of carbonyl (C=O) groups excluding carboxylic acids is 2. The fraction of sp³-hybridized carbons (Fsp3) is 0.389. The van der Waals surface area contributed by atoms with Crippen LogP contribution in [0.1, 0.15) is 33.7 Å². The van der Waals surface area contributed by atoms with Gasteiger partial charge in [0.15, 0.2) is 6.61 Å². The van der Waals surface area contributed by atoms with E-state index in [1.165, 1.54) is 11.3 Å². The van der Waals surface area contributed by atoms with Crippen molar-refractivity contribution in [3.8, 4) is 0 Å². The molecule has 1 atom stereocenters. The molecule has 1 aromatic heterocycles. The molecule has 1 aromatic carbocycles. The Hall–Kier alpha value is -1.86. The Morgan fingerprint density at radius 3 is 2.80 bits per heavy atom. The second kappa shape index (κ2) is 7.58. The monoisotopic (exact) mass is 376 g/mol. The number of hydrogen-bond acceptors (Lipinski definition) is 6. The van der Waals surface area contributed by atoms with Gasteiger partial charge in [0.25, 0.3) is 5.91 Å². The van der Waals surface area contributed by atoms with Crippen LogP contribution in [0, 0.1) is 13.8 Å². The van der Waals surface area contributed by atoms with Crippen LogP contribution in [0.4, 0.5) is 5.69 Å². The molecule has 3 rings (SSSR count). The second-order valence-corrected chi connectivity index (χ2v) is 8.64. The van der Waals surface area contributed by atoms with E-state index in [0.717, 1.165) is 22.0 Å². The molecule has 0 aliphatic carbocycles. The third-order valence-corrected chi connectivity index (χ3v) is 6.25. The first kappa shape index (κ1) is 17.9. The van der Waals surface area contributed by atoms with Crippen LogP contribution >= 0.6 is 23.1 Å². The van der Waals surface area contributed by atoms with Gasteiger partial charge in [-0.2, -0.15) is 0 Å². The van der Waals surface area contributed by atoms with Gasteiger partial charge in [-0.1, -0.05) is 19.1 Å². The maximum atomic E-state index is 12.7. The molecular formula is C18H20N2O3S2. The minimum absolute atomic E-state index is 0.200. The summed E-state index contributed by atoms with van der Waals surface area (Å²) < 4.78 is 5.25. The van der Waals surface area contributed by atoms with Crippen LogP contribution in [0.25, 0.3) is 0 Å². The Morgan fingerprint density at radius 1 is 1.32 bits per heavy atom. The van der Waals surface area contributed by atoms with Gasteiger partial charge in [-0.15, -0.1) is 23.1 Å². The lowest BCUT2D eigenvalue weighted by atomic mass is 10.2. The number of ether oxygens (including phenoxy) is 1. The fourth-order valence-corrected chi connectivity index (χ4v) is 4.66. The Kier molecular flexibility index (Phi) is 5.44. The lowest BCUT2D eigenvalue weighted by Gasteiger charge is -2.22. The van der Waals surface area contributed by atoms with Crippen molar-refractivity contribution in [2.75, 3.05) is 18.1 Å². The van der Waals surface area contributed by atoms with Crippen molar-refractivity contribution in [3.05, 3.63) is 39.8 Å². The standard InChI is InChI=1S/C18H20N2O3S2/c1-11-8-9-20(14-6-4-5-7-15(14)24-11)16(21)10-23-18(22)17-12(2)19-13(3)25-17/h4-7,11H,8-10H2,1-3H3. The van der Waals surface area contributed by atoms with Gasteiger partial charge in [0.2, 0.25) is 0 Å². The number of rotatable bonds is 3. The van der Waals surface area contributed by atoms with E-state index in [1.54, 1.807) is 23.6 Å². The average molecular weight is 377 g/mol. The molecule has 132 valence electrons. The van der Waals surface area contributed by atoms with Gasteiger partial charge in [-0.25, -0.2) is 9.78 Å². The van der Waals surface area contributed by atoms with Crippen molar-refractivity contribution in [2.24, 2.45) is 0 Å². The van der Waals surface area contributed by atoms with Gasteiger partial charge in [-0.3, -0.25) is 4.79 Å². The lowest BCUT2D eigenvalue weighted by Crippen LogP contribution is -2.35. The number of anilines is 1. The predicted octanol–water partition coefficient (Wildman–Crippen LogP) is 3.83. The smallest absolute Gasteiger partial charge is 0.350 e. The summed E-state index contributed by atoms with van der Waals surface area (Å²) >= 11 is 3.06. The Labute approximate surface area is 155 Å². The molecule has 1 aliphatic heterocycles. The molecule has 0 fully saturated rings. The van der Waals surface area contributed by atoms with E-state index in [4.69, 9.17) is 4.74 Å². The lowest BCUT2D eigenvalue weighted by molar-refractivity contribution is -0.121. The van der Waals surface area contributed by atoms with Gasteiger partial charge in [0, 0.05) is 16.7 Å². The summed E-state index contributed by atoms with van der Waals surface area (Å²) in [4.78, 5) is 32.4. The molecule has 25 heavy (non-hydrogen) atoms. The van der Waals surface area contributed by atoms with Gasteiger partial charge in [-0.05, 0) is 32.4 Å². The number of thiazole rings is 1. The minimum Gasteiger partial charge on any atom is -0.451 e. The molecule has 2 aromatic rings. The van der Waals surface area contributed by atoms with Crippen LogP contribution in [-0.2, 0) is 9.53 Å². The maximum Gasteiger partial charge on any atom is 0.350 e. The number of esters is 1. The highest BCUT2D eigenvalue weighted by molar-refractivity contribution is 8.00. The van der Waals surface area contributed by atoms with Crippen LogP contribution in [0.5, 0.6) is 0 Å². The zero-order valence-corrected chi connectivity index (χ0v) is 16.1. The van der Waals surface area contributed by atoms with E-state index in [9.17, 15) is 9.59 Å². The molecule has 5 nitrogen and oxygen atoms in total. The molecule has 1 amide bonds. The van der Waals surface area contributed by atoms with Crippen LogP contribution in [0.3, 0.4) is 0 Å². The topological polar surface area (TPSA) is 59.5 Å². The number of fused-ring (bicyclic) bond motifs is 1. The first-order valence-corrected chi connectivity index (χ1v) is 9.82. The van der Waals surface area contributed by atoms with Crippen LogP contribution in [0.2, 0.25) is 0 Å². The maximum absolute atomic E-state index is 12.7. The van der Waals surface area contributed by atoms with Gasteiger partial charge in [0.1, 0.15) is 4.88 Å². The first-order valence-electron chi connectivity index (χ1n) is 8.13. The zero-order chi connectivity index (χ0) is 18.0. The molecule has 0 saturated heterocycles. The second-order valence-electron chi connectivity index (χ2n) is 5.95. The Morgan fingerprint density at radius 2 is 2.08 bits per heavy atom. The van der Waals surface area contributed by atoms with Crippen molar-refractivity contribution in [3.63, 3.8) is 0 Å². The first-order chi connectivity index (χ1) is 12.0. The molecule has 0 saturated carbocycles. The van der Waals surface area contributed by atoms with Crippen molar-refractivity contribution >= 4 is 40.7 Å². The number of amides is 1. The number of hydrogen-bond donors (Lipinski definition) is 0. The van der Waals surface area contributed by atoms with Crippen LogP contribution < -0.4 is 4.90 Å². The Balaban J connectivity index is 1.71. The van der Waals surface area contributed by atoms with E-state index >= 15 is 0 Å². The van der Waals surface area contributed by atoms with E-state index in [0.29, 0.717) is 22.4 Å². The molecule has 0 spiro atoms. The van der Waals surface area contributed by atoms with Gasteiger partial charge < -0.3 is 9.64 Å². The van der Waals surface area contributed by atoms with Crippen molar-refractivity contribution in [1.82, 2.24) is 4.98 Å². The molecular weight excluding hydrogens is 356 g/mol. The summed E-state index contributed by atoms with van der Waals surface area (Å²) in [5, 5.41) is 1.24. The van der Waals surface area contributed by atoms with Gasteiger partial charge in [0.05, 0.1) is 16.4 Å². The number of aromatic nitrogens is 1. The normalized spacial score (nSPS) is 16.9. The number of para-hydroxylation sites is 1. The van der Waals surface area contributed by atoms with E-state index in [2.05, 4.69) is 11.9 Å². The number of carbonyl (C=O) groups is 2. The molecule has 0 bridgehead atoms. The highest BCUT2D eigenvalue weighted by Crippen LogP contribution is 2.37. The average Bonchev–Trinajstić information content (AvgIpc) is 2.82. The van der Waals surface area contributed by atoms with E-state index in [-0.39, 0.29) is 12.5 Å². The summed E-state index contributed by atoms with van der Waals surface area (Å²) in [5.74, 6) is -0.684. The molecule has 0 radical (unpaired) electrons. The summed E-state index contributed by atoms with van der Waals surface area (Å²) in [6.45, 7) is 6.13. The van der Waals surface area contributed by atoms with Gasteiger partial charge >= 0.3 is 5.97 Å².